The van der Waals surface area contributed by atoms with E-state index in [-0.39, 0.29) is 11.5 Å². The van der Waals surface area contributed by atoms with Gasteiger partial charge in [0.2, 0.25) is 0 Å². The highest BCUT2D eigenvalue weighted by molar-refractivity contribution is 5.79. The summed E-state index contributed by atoms with van der Waals surface area (Å²) in [5.41, 5.74) is 2.99. The summed E-state index contributed by atoms with van der Waals surface area (Å²) in [5, 5.41) is 14.8. The third-order valence-electron chi connectivity index (χ3n) is 4.07. The standard InChI is InChI=1S/C20H16N4O2/c1-13-18-19(24(23-13)15-10-6-3-7-11-15)22-20(26)16(21-18)12-17(25)14-8-4-2-5-9-14/h2-12,25H,1H3,(H,22,26). The van der Waals surface area contributed by atoms with Gasteiger partial charge in [-0.2, -0.15) is 5.10 Å². The fraction of sp³-hybridized carbons (Fsp3) is 0.0500. The predicted molar refractivity (Wildman–Crippen MR) is 101 cm³/mol. The molecule has 6 nitrogen and oxygen atoms in total. The SMILES string of the molecule is Cc1nn(-c2ccccc2)c2[nH]c(=O)c(C=C(O)c3ccccc3)nc12. The molecule has 0 radical (unpaired) electrons. The van der Waals surface area contributed by atoms with Crippen LogP contribution < -0.4 is 5.56 Å². The molecule has 4 rings (SSSR count). The second-order valence-corrected chi connectivity index (χ2v) is 5.88. The number of hydrogen-bond acceptors (Lipinski definition) is 4. The van der Waals surface area contributed by atoms with E-state index in [0.717, 1.165) is 5.69 Å². The molecule has 0 aliphatic rings. The maximum Gasteiger partial charge on any atom is 0.275 e. The van der Waals surface area contributed by atoms with Crippen molar-refractivity contribution >= 4 is 23.0 Å². The third kappa shape index (κ3) is 2.77. The average molecular weight is 344 g/mol. The highest BCUT2D eigenvalue weighted by atomic mass is 16.3. The van der Waals surface area contributed by atoms with Crippen LogP contribution in [0.3, 0.4) is 0 Å². The Labute approximate surface area is 149 Å². The van der Waals surface area contributed by atoms with Crippen LogP contribution in [-0.2, 0) is 0 Å². The number of hydrogen-bond donors (Lipinski definition) is 2. The Morgan fingerprint density at radius 2 is 1.73 bits per heavy atom. The van der Waals surface area contributed by atoms with Crippen LogP contribution in [0.5, 0.6) is 0 Å². The number of rotatable bonds is 3. The monoisotopic (exact) mass is 344 g/mol. The third-order valence-corrected chi connectivity index (χ3v) is 4.07. The number of aliphatic hydroxyl groups is 1. The summed E-state index contributed by atoms with van der Waals surface area (Å²) in [6, 6.07) is 18.5. The first-order valence-electron chi connectivity index (χ1n) is 8.14. The Kier molecular flexibility index (Phi) is 3.85. The minimum absolute atomic E-state index is 0.0175. The van der Waals surface area contributed by atoms with Crippen molar-refractivity contribution in [2.45, 2.75) is 6.92 Å². The number of nitrogens with zero attached hydrogens (tertiary/aromatic N) is 3. The average Bonchev–Trinajstić information content (AvgIpc) is 2.99. The number of nitrogens with one attached hydrogen (secondary N) is 1. The molecule has 6 heteroatoms. The van der Waals surface area contributed by atoms with Crippen molar-refractivity contribution in [2.24, 2.45) is 0 Å². The van der Waals surface area contributed by atoms with Gasteiger partial charge in [0.1, 0.15) is 17.0 Å². The lowest BCUT2D eigenvalue weighted by Crippen LogP contribution is -2.13. The molecule has 0 saturated carbocycles. The molecule has 0 bridgehead atoms. The van der Waals surface area contributed by atoms with Gasteiger partial charge in [0.05, 0.1) is 11.4 Å². The van der Waals surface area contributed by atoms with Crippen LogP contribution >= 0.6 is 0 Å². The maximum atomic E-state index is 12.5. The molecule has 0 atom stereocenters. The summed E-state index contributed by atoms with van der Waals surface area (Å²) < 4.78 is 1.66. The molecule has 4 aromatic rings. The van der Waals surface area contributed by atoms with Gasteiger partial charge < -0.3 is 10.1 Å². The Hall–Kier alpha value is -3.67. The number of aromatic amines is 1. The Morgan fingerprint density at radius 3 is 2.42 bits per heavy atom. The first-order valence-corrected chi connectivity index (χ1v) is 8.14. The Morgan fingerprint density at radius 1 is 1.08 bits per heavy atom. The summed E-state index contributed by atoms with van der Waals surface area (Å²) in [5.74, 6) is -0.0175. The number of para-hydroxylation sites is 1. The zero-order valence-corrected chi connectivity index (χ0v) is 14.0. The summed E-state index contributed by atoms with van der Waals surface area (Å²) in [6.45, 7) is 1.83. The summed E-state index contributed by atoms with van der Waals surface area (Å²) in [4.78, 5) is 19.7. The van der Waals surface area contributed by atoms with Gasteiger partial charge in [0.25, 0.3) is 5.56 Å². The summed E-state index contributed by atoms with van der Waals surface area (Å²) in [7, 11) is 0. The van der Waals surface area contributed by atoms with Crippen molar-refractivity contribution in [2.75, 3.05) is 0 Å². The van der Waals surface area contributed by atoms with E-state index < -0.39 is 5.56 Å². The van der Waals surface area contributed by atoms with Gasteiger partial charge in [0.15, 0.2) is 5.65 Å². The quantitative estimate of drug-likeness (QED) is 0.557. The Balaban J connectivity index is 1.86. The van der Waals surface area contributed by atoms with Gasteiger partial charge >= 0.3 is 0 Å². The van der Waals surface area contributed by atoms with Crippen molar-refractivity contribution in [1.29, 1.82) is 0 Å². The van der Waals surface area contributed by atoms with Crippen LogP contribution in [0, 0.1) is 6.92 Å². The van der Waals surface area contributed by atoms with Crippen LogP contribution in [0.1, 0.15) is 17.0 Å². The number of fused-ring (bicyclic) bond motifs is 1. The molecule has 128 valence electrons. The molecule has 0 fully saturated rings. The van der Waals surface area contributed by atoms with Gasteiger partial charge in [-0.15, -0.1) is 0 Å². The molecule has 0 amide bonds. The lowest BCUT2D eigenvalue weighted by Gasteiger charge is -2.03. The zero-order chi connectivity index (χ0) is 18.1. The topological polar surface area (TPSA) is 83.8 Å². The second-order valence-electron chi connectivity index (χ2n) is 5.88. The molecule has 0 aliphatic carbocycles. The van der Waals surface area contributed by atoms with Crippen molar-refractivity contribution in [1.82, 2.24) is 19.7 Å². The van der Waals surface area contributed by atoms with E-state index >= 15 is 0 Å². The van der Waals surface area contributed by atoms with Crippen molar-refractivity contribution in [3.05, 3.63) is 88.0 Å². The largest absolute Gasteiger partial charge is 0.507 e. The van der Waals surface area contributed by atoms with Crippen LogP contribution in [-0.4, -0.2) is 24.9 Å². The fourth-order valence-corrected chi connectivity index (χ4v) is 2.78. The molecular formula is C20H16N4O2. The summed E-state index contributed by atoms with van der Waals surface area (Å²) in [6.07, 6.45) is 1.37. The minimum Gasteiger partial charge on any atom is -0.507 e. The van der Waals surface area contributed by atoms with Crippen LogP contribution in [0.15, 0.2) is 65.5 Å². The lowest BCUT2D eigenvalue weighted by molar-refractivity contribution is 0.515. The number of aryl methyl sites for hydroxylation is 1. The Bertz CT molecular complexity index is 1160. The van der Waals surface area contributed by atoms with E-state index in [0.29, 0.717) is 22.4 Å². The molecular weight excluding hydrogens is 328 g/mol. The number of benzene rings is 2. The molecule has 2 aromatic carbocycles. The predicted octanol–water partition coefficient (Wildman–Crippen LogP) is 3.47. The molecule has 2 heterocycles. The van der Waals surface area contributed by atoms with Gasteiger partial charge in [0, 0.05) is 11.6 Å². The maximum absolute atomic E-state index is 12.5. The summed E-state index contributed by atoms with van der Waals surface area (Å²) >= 11 is 0. The molecule has 2 aromatic heterocycles. The lowest BCUT2D eigenvalue weighted by atomic mass is 10.1. The van der Waals surface area contributed by atoms with Gasteiger partial charge in [-0.25, -0.2) is 9.67 Å². The smallest absolute Gasteiger partial charge is 0.275 e. The van der Waals surface area contributed by atoms with E-state index in [2.05, 4.69) is 15.1 Å². The minimum atomic E-state index is -0.392. The number of H-pyrrole nitrogens is 1. The fourth-order valence-electron chi connectivity index (χ4n) is 2.78. The van der Waals surface area contributed by atoms with Gasteiger partial charge in [-0.3, -0.25) is 4.79 Å². The number of aromatic nitrogens is 4. The first kappa shape index (κ1) is 15.8. The van der Waals surface area contributed by atoms with E-state index in [9.17, 15) is 9.90 Å². The van der Waals surface area contributed by atoms with Crippen molar-refractivity contribution in [3.8, 4) is 5.69 Å². The van der Waals surface area contributed by atoms with E-state index in [1.54, 1.807) is 16.8 Å². The molecule has 0 unspecified atom stereocenters. The zero-order valence-electron chi connectivity index (χ0n) is 14.0. The normalized spacial score (nSPS) is 11.8. The van der Waals surface area contributed by atoms with Crippen LogP contribution in [0.2, 0.25) is 0 Å². The van der Waals surface area contributed by atoms with Gasteiger partial charge in [-0.1, -0.05) is 48.5 Å². The second kappa shape index (κ2) is 6.33. The van der Waals surface area contributed by atoms with E-state index in [1.807, 2.05) is 55.5 Å². The molecule has 0 aliphatic heterocycles. The van der Waals surface area contributed by atoms with Crippen LogP contribution in [0.25, 0.3) is 28.7 Å². The van der Waals surface area contributed by atoms with Crippen molar-refractivity contribution in [3.63, 3.8) is 0 Å². The van der Waals surface area contributed by atoms with Crippen molar-refractivity contribution < 1.29 is 5.11 Å². The van der Waals surface area contributed by atoms with E-state index in [1.165, 1.54) is 6.08 Å². The molecule has 0 spiro atoms. The van der Waals surface area contributed by atoms with Gasteiger partial charge in [-0.05, 0) is 19.1 Å². The molecule has 26 heavy (non-hydrogen) atoms. The molecule has 0 saturated heterocycles. The molecule has 2 N–H and O–H groups in total. The van der Waals surface area contributed by atoms with Crippen LogP contribution in [0.4, 0.5) is 0 Å². The van der Waals surface area contributed by atoms with E-state index in [4.69, 9.17) is 0 Å². The number of aliphatic hydroxyl groups excluding tert-OH is 1. The highest BCUT2D eigenvalue weighted by Crippen LogP contribution is 2.19. The highest BCUT2D eigenvalue weighted by Gasteiger charge is 2.14. The first-order chi connectivity index (χ1) is 12.6.